The van der Waals surface area contributed by atoms with Crippen LogP contribution in [0.4, 0.5) is 0 Å². The van der Waals surface area contributed by atoms with Gasteiger partial charge in [0.15, 0.2) is 5.82 Å². The summed E-state index contributed by atoms with van der Waals surface area (Å²) in [5, 5.41) is 0. The van der Waals surface area contributed by atoms with E-state index in [4.69, 9.17) is 5.73 Å². The molecule has 2 heterocycles. The van der Waals surface area contributed by atoms with Gasteiger partial charge in [0, 0.05) is 17.6 Å². The molecule has 20 heavy (non-hydrogen) atoms. The molecule has 0 saturated carbocycles. The molecule has 0 fully saturated rings. The Balaban J connectivity index is 2.55. The maximum Gasteiger partial charge on any atom is 0.178 e. The summed E-state index contributed by atoms with van der Waals surface area (Å²) < 4.78 is 0. The van der Waals surface area contributed by atoms with Crippen LogP contribution in [-0.4, -0.2) is 21.5 Å². The molecule has 0 aromatic carbocycles. The predicted octanol–water partition coefficient (Wildman–Crippen LogP) is 2.78. The Hall–Kier alpha value is -1.81. The van der Waals surface area contributed by atoms with E-state index in [-0.39, 0.29) is 5.92 Å². The number of rotatable bonds is 4. The molecule has 0 aliphatic heterocycles. The van der Waals surface area contributed by atoms with Gasteiger partial charge in [-0.1, -0.05) is 19.9 Å². The molecule has 0 bridgehead atoms. The van der Waals surface area contributed by atoms with Gasteiger partial charge in [0.1, 0.15) is 5.69 Å². The highest BCUT2D eigenvalue weighted by atomic mass is 14.9. The average Bonchev–Trinajstić information content (AvgIpc) is 2.46. The van der Waals surface area contributed by atoms with Crippen molar-refractivity contribution in [2.45, 2.75) is 40.0 Å². The fourth-order valence-electron chi connectivity index (χ4n) is 2.59. The number of aromatic nitrogens is 3. The smallest absolute Gasteiger partial charge is 0.178 e. The lowest BCUT2D eigenvalue weighted by atomic mass is 9.98. The second-order valence-electron chi connectivity index (χ2n) is 5.13. The first-order valence-corrected chi connectivity index (χ1v) is 7.07. The lowest BCUT2D eigenvalue weighted by molar-refractivity contribution is 0.743. The summed E-state index contributed by atoms with van der Waals surface area (Å²) in [5.74, 6) is 0.990. The van der Waals surface area contributed by atoms with Crippen molar-refractivity contribution in [3.63, 3.8) is 0 Å². The molecule has 0 amide bonds. The van der Waals surface area contributed by atoms with Crippen molar-refractivity contribution < 1.29 is 0 Å². The number of pyridine rings is 1. The van der Waals surface area contributed by atoms with Gasteiger partial charge in [-0.3, -0.25) is 4.98 Å². The average molecular weight is 270 g/mol. The Morgan fingerprint density at radius 3 is 2.40 bits per heavy atom. The molecule has 4 nitrogen and oxygen atoms in total. The summed E-state index contributed by atoms with van der Waals surface area (Å²) in [6, 6.07) is 4.03. The zero-order valence-corrected chi connectivity index (χ0v) is 12.6. The first-order chi connectivity index (χ1) is 9.58. The van der Waals surface area contributed by atoms with Crippen LogP contribution in [0.5, 0.6) is 0 Å². The fraction of sp³-hybridized carbons (Fsp3) is 0.438. The van der Waals surface area contributed by atoms with Gasteiger partial charge in [0.2, 0.25) is 0 Å². The van der Waals surface area contributed by atoms with Crippen molar-refractivity contribution in [3.05, 3.63) is 40.8 Å². The molecule has 2 N–H and O–H groups in total. The molecule has 2 aromatic heterocycles. The van der Waals surface area contributed by atoms with Crippen molar-refractivity contribution in [1.29, 1.82) is 0 Å². The molecule has 4 heteroatoms. The third-order valence-electron chi connectivity index (χ3n) is 3.66. The zero-order valence-electron chi connectivity index (χ0n) is 12.6. The van der Waals surface area contributed by atoms with E-state index in [0.29, 0.717) is 12.4 Å². The summed E-state index contributed by atoms with van der Waals surface area (Å²) in [6.45, 7) is 8.87. The van der Waals surface area contributed by atoms with Gasteiger partial charge in [0.05, 0.1) is 0 Å². The van der Waals surface area contributed by atoms with Gasteiger partial charge < -0.3 is 5.73 Å². The van der Waals surface area contributed by atoms with Crippen LogP contribution in [0.25, 0.3) is 11.5 Å². The van der Waals surface area contributed by atoms with Crippen molar-refractivity contribution in [2.75, 3.05) is 6.54 Å². The largest absolute Gasteiger partial charge is 0.330 e. The van der Waals surface area contributed by atoms with E-state index in [9.17, 15) is 0 Å². The summed E-state index contributed by atoms with van der Waals surface area (Å²) in [5.41, 5.74) is 11.0. The molecule has 0 aliphatic carbocycles. The number of hydrogen-bond donors (Lipinski definition) is 1. The molecule has 0 saturated heterocycles. The molecule has 106 valence electrons. The van der Waals surface area contributed by atoms with E-state index < -0.39 is 0 Å². The minimum atomic E-state index is 0.276. The van der Waals surface area contributed by atoms with Crippen LogP contribution in [0.3, 0.4) is 0 Å². The minimum Gasteiger partial charge on any atom is -0.330 e. The molecule has 1 unspecified atom stereocenters. The fourth-order valence-corrected chi connectivity index (χ4v) is 2.59. The van der Waals surface area contributed by atoms with Crippen LogP contribution in [0.2, 0.25) is 0 Å². The van der Waals surface area contributed by atoms with Gasteiger partial charge in [-0.05, 0) is 49.9 Å². The van der Waals surface area contributed by atoms with Crippen LogP contribution in [0.15, 0.2) is 18.3 Å². The van der Waals surface area contributed by atoms with Gasteiger partial charge in [-0.15, -0.1) is 0 Å². The van der Waals surface area contributed by atoms with Crippen LogP contribution in [0, 0.1) is 13.8 Å². The van der Waals surface area contributed by atoms with Crippen molar-refractivity contribution in [2.24, 2.45) is 5.73 Å². The molecule has 0 aliphatic rings. The Morgan fingerprint density at radius 2 is 1.85 bits per heavy atom. The molecular formula is C16H22N4. The summed E-state index contributed by atoms with van der Waals surface area (Å²) in [4.78, 5) is 13.8. The topological polar surface area (TPSA) is 64.7 Å². The van der Waals surface area contributed by atoms with E-state index in [0.717, 1.165) is 29.1 Å². The Labute approximate surface area is 120 Å². The van der Waals surface area contributed by atoms with E-state index in [2.05, 4.69) is 34.9 Å². The highest BCUT2D eigenvalue weighted by Gasteiger charge is 2.16. The SMILES string of the molecule is CCc1cccnc1-c1nc(C)c(C(C)CN)c(C)n1. The second-order valence-corrected chi connectivity index (χ2v) is 5.13. The molecule has 1 atom stereocenters. The predicted molar refractivity (Wildman–Crippen MR) is 81.6 cm³/mol. The maximum atomic E-state index is 5.77. The number of nitrogens with two attached hydrogens (primary N) is 1. The Kier molecular flexibility index (Phi) is 4.45. The van der Waals surface area contributed by atoms with Crippen LogP contribution >= 0.6 is 0 Å². The van der Waals surface area contributed by atoms with E-state index in [1.807, 2.05) is 19.9 Å². The van der Waals surface area contributed by atoms with Crippen molar-refractivity contribution in [1.82, 2.24) is 15.0 Å². The van der Waals surface area contributed by atoms with Crippen LogP contribution in [0.1, 0.15) is 42.3 Å². The lowest BCUT2D eigenvalue weighted by Crippen LogP contribution is -2.14. The zero-order chi connectivity index (χ0) is 14.7. The number of aryl methyl sites for hydroxylation is 3. The summed E-state index contributed by atoms with van der Waals surface area (Å²) >= 11 is 0. The van der Waals surface area contributed by atoms with E-state index in [1.165, 1.54) is 5.56 Å². The second kappa shape index (κ2) is 6.09. The normalized spacial score (nSPS) is 12.4. The highest BCUT2D eigenvalue weighted by molar-refractivity contribution is 5.55. The quantitative estimate of drug-likeness (QED) is 0.927. The van der Waals surface area contributed by atoms with Gasteiger partial charge in [-0.25, -0.2) is 9.97 Å². The maximum absolute atomic E-state index is 5.77. The minimum absolute atomic E-state index is 0.276. The molecule has 2 rings (SSSR count). The summed E-state index contributed by atoms with van der Waals surface area (Å²) in [7, 11) is 0. The third-order valence-corrected chi connectivity index (χ3v) is 3.66. The van der Waals surface area contributed by atoms with E-state index >= 15 is 0 Å². The first kappa shape index (κ1) is 14.6. The Bertz CT molecular complexity index is 584. The molecule has 0 radical (unpaired) electrons. The first-order valence-electron chi connectivity index (χ1n) is 7.07. The van der Waals surface area contributed by atoms with E-state index in [1.54, 1.807) is 6.20 Å². The third kappa shape index (κ3) is 2.70. The van der Waals surface area contributed by atoms with Crippen LogP contribution in [-0.2, 0) is 6.42 Å². The van der Waals surface area contributed by atoms with Gasteiger partial charge >= 0.3 is 0 Å². The summed E-state index contributed by atoms with van der Waals surface area (Å²) in [6.07, 6.45) is 2.71. The van der Waals surface area contributed by atoms with Gasteiger partial charge in [-0.2, -0.15) is 0 Å². The van der Waals surface area contributed by atoms with Crippen LogP contribution < -0.4 is 5.73 Å². The monoisotopic (exact) mass is 270 g/mol. The molecular weight excluding hydrogens is 248 g/mol. The lowest BCUT2D eigenvalue weighted by Gasteiger charge is -2.16. The van der Waals surface area contributed by atoms with Crippen molar-refractivity contribution in [3.8, 4) is 11.5 Å². The molecule has 0 spiro atoms. The van der Waals surface area contributed by atoms with Gasteiger partial charge in [0.25, 0.3) is 0 Å². The number of hydrogen-bond acceptors (Lipinski definition) is 4. The Morgan fingerprint density at radius 1 is 1.20 bits per heavy atom. The van der Waals surface area contributed by atoms with Crippen molar-refractivity contribution >= 4 is 0 Å². The highest BCUT2D eigenvalue weighted by Crippen LogP contribution is 2.24. The standard InChI is InChI=1S/C16H22N4/c1-5-13-7-6-8-18-15(13)16-19-11(3)14(10(2)9-17)12(4)20-16/h6-8,10H,5,9,17H2,1-4H3. The molecule has 2 aromatic rings. The number of nitrogens with zero attached hydrogens (tertiary/aromatic N) is 3.